The molecule has 164 valence electrons. The van der Waals surface area contributed by atoms with Gasteiger partial charge >= 0.3 is 0 Å². The van der Waals surface area contributed by atoms with Crippen molar-refractivity contribution < 1.29 is 9.59 Å². The number of aromatic nitrogens is 1. The van der Waals surface area contributed by atoms with Gasteiger partial charge in [0.2, 0.25) is 0 Å². The van der Waals surface area contributed by atoms with Crippen molar-refractivity contribution in [3.05, 3.63) is 58.8 Å². The summed E-state index contributed by atoms with van der Waals surface area (Å²) < 4.78 is 0. The summed E-state index contributed by atoms with van der Waals surface area (Å²) in [5.74, 6) is -0.412. The molecule has 0 radical (unpaired) electrons. The van der Waals surface area contributed by atoms with E-state index in [9.17, 15) is 9.59 Å². The maximum absolute atomic E-state index is 13.0. The summed E-state index contributed by atoms with van der Waals surface area (Å²) in [6.45, 7) is 9.46. The molecule has 0 aliphatic carbocycles. The molecule has 8 nitrogen and oxygen atoms in total. The molecule has 2 aromatic rings. The maximum Gasteiger partial charge on any atom is 0.261 e. The molecule has 0 N–H and O–H groups in total. The van der Waals surface area contributed by atoms with E-state index in [1.165, 1.54) is 11.2 Å². The Morgan fingerprint density at radius 2 is 2.06 bits per heavy atom. The fourth-order valence-electron chi connectivity index (χ4n) is 4.29. The van der Waals surface area contributed by atoms with Gasteiger partial charge in [0.1, 0.15) is 5.92 Å². The minimum Gasteiger partial charge on any atom is -0.333 e. The number of nitrogens with zero attached hydrogens (tertiary/aromatic N) is 6. The first-order valence-electron chi connectivity index (χ1n) is 10.8. The van der Waals surface area contributed by atoms with Crippen molar-refractivity contribution in [3.8, 4) is 6.07 Å². The van der Waals surface area contributed by atoms with Gasteiger partial charge < -0.3 is 4.90 Å². The number of nitriles is 1. The highest BCUT2D eigenvalue weighted by molar-refractivity contribution is 6.12. The predicted octanol–water partition coefficient (Wildman–Crippen LogP) is 2.54. The summed E-state index contributed by atoms with van der Waals surface area (Å²) in [6.07, 6.45) is 3.10. The minimum absolute atomic E-state index is 0.0466. The van der Waals surface area contributed by atoms with E-state index in [1.54, 1.807) is 36.5 Å². The Balaban J connectivity index is 1.47. The summed E-state index contributed by atoms with van der Waals surface area (Å²) in [4.78, 5) is 34.5. The summed E-state index contributed by atoms with van der Waals surface area (Å²) in [7, 11) is 0. The lowest BCUT2D eigenvalue weighted by atomic mass is 9.94. The number of piperazine rings is 1. The van der Waals surface area contributed by atoms with Crippen LogP contribution < -0.4 is 5.01 Å². The molecular formula is C24H26N6O2. The first-order chi connectivity index (χ1) is 15.4. The molecule has 1 aromatic carbocycles. The Hall–Kier alpha value is -3.57. The molecule has 1 aromatic heterocycles. The van der Waals surface area contributed by atoms with Crippen LogP contribution in [0, 0.1) is 18.3 Å². The number of hydrogen-bond acceptors (Lipinski definition) is 6. The van der Waals surface area contributed by atoms with Gasteiger partial charge in [0.15, 0.2) is 5.82 Å². The van der Waals surface area contributed by atoms with Crippen LogP contribution in [0.15, 0.2) is 41.6 Å². The molecular weight excluding hydrogens is 404 g/mol. The van der Waals surface area contributed by atoms with Crippen molar-refractivity contribution >= 4 is 23.8 Å². The molecule has 4 rings (SSSR count). The predicted molar refractivity (Wildman–Crippen MR) is 121 cm³/mol. The lowest BCUT2D eigenvalue weighted by Gasteiger charge is -2.39. The molecule has 0 spiro atoms. The van der Waals surface area contributed by atoms with E-state index in [1.807, 2.05) is 11.8 Å². The molecule has 1 fully saturated rings. The fourth-order valence-corrected chi connectivity index (χ4v) is 4.29. The molecule has 1 saturated heterocycles. The van der Waals surface area contributed by atoms with Crippen LogP contribution in [0.3, 0.4) is 0 Å². The number of likely N-dealkylation sites (N-methyl/N-ethyl adjacent to an activating group) is 1. The van der Waals surface area contributed by atoms with Crippen molar-refractivity contribution in [1.82, 2.24) is 14.8 Å². The second-order valence-corrected chi connectivity index (χ2v) is 8.22. The number of pyridine rings is 1. The zero-order valence-corrected chi connectivity index (χ0v) is 18.5. The molecule has 0 saturated carbocycles. The van der Waals surface area contributed by atoms with Crippen LogP contribution in [0.5, 0.6) is 0 Å². The highest BCUT2D eigenvalue weighted by atomic mass is 16.2. The monoisotopic (exact) mass is 430 g/mol. The Bertz CT molecular complexity index is 1100. The fraction of sp³-hybridized carbons (Fsp3) is 0.375. The van der Waals surface area contributed by atoms with Crippen molar-refractivity contribution in [2.24, 2.45) is 5.10 Å². The van der Waals surface area contributed by atoms with Crippen molar-refractivity contribution in [3.63, 3.8) is 0 Å². The van der Waals surface area contributed by atoms with Gasteiger partial charge in [-0.2, -0.15) is 15.4 Å². The van der Waals surface area contributed by atoms with Gasteiger partial charge in [-0.25, -0.2) is 4.98 Å². The van der Waals surface area contributed by atoms with E-state index >= 15 is 0 Å². The van der Waals surface area contributed by atoms with Gasteiger partial charge in [-0.15, -0.1) is 0 Å². The van der Waals surface area contributed by atoms with E-state index in [-0.39, 0.29) is 17.9 Å². The van der Waals surface area contributed by atoms with E-state index < -0.39 is 5.92 Å². The number of carbonyl (C=O) groups is 2. The first-order valence-corrected chi connectivity index (χ1v) is 10.8. The molecule has 3 heterocycles. The van der Waals surface area contributed by atoms with Gasteiger partial charge in [-0.05, 0) is 55.8 Å². The van der Waals surface area contributed by atoms with E-state index in [2.05, 4.69) is 34.9 Å². The smallest absolute Gasteiger partial charge is 0.261 e. The van der Waals surface area contributed by atoms with Crippen LogP contribution in [0.25, 0.3) is 0 Å². The summed E-state index contributed by atoms with van der Waals surface area (Å²) in [5, 5.41) is 14.6. The zero-order chi connectivity index (χ0) is 22.8. The second-order valence-electron chi connectivity index (χ2n) is 8.22. The van der Waals surface area contributed by atoms with Crippen molar-refractivity contribution in [2.75, 3.05) is 31.2 Å². The Kier molecular flexibility index (Phi) is 6.01. The average molecular weight is 431 g/mol. The third kappa shape index (κ3) is 3.99. The summed E-state index contributed by atoms with van der Waals surface area (Å²) in [6, 6.07) is 10.9. The third-order valence-corrected chi connectivity index (χ3v) is 6.17. The Labute approximate surface area is 187 Å². The van der Waals surface area contributed by atoms with Crippen LogP contribution in [0.1, 0.15) is 46.8 Å². The van der Waals surface area contributed by atoms with Crippen LogP contribution >= 0.6 is 0 Å². The van der Waals surface area contributed by atoms with Crippen molar-refractivity contribution in [2.45, 2.75) is 32.7 Å². The molecule has 2 amide bonds. The number of carbonyl (C=O) groups excluding carboxylic acids is 2. The van der Waals surface area contributed by atoms with Crippen LogP contribution in [0.4, 0.5) is 5.82 Å². The summed E-state index contributed by atoms with van der Waals surface area (Å²) >= 11 is 0. The van der Waals surface area contributed by atoms with Gasteiger partial charge in [-0.3, -0.25) is 14.5 Å². The largest absolute Gasteiger partial charge is 0.333 e. The lowest BCUT2D eigenvalue weighted by Crippen LogP contribution is -2.53. The van der Waals surface area contributed by atoms with E-state index in [4.69, 9.17) is 5.26 Å². The quantitative estimate of drug-likeness (QED) is 0.743. The Morgan fingerprint density at radius 3 is 2.69 bits per heavy atom. The standard InChI is InChI=1S/C24H26N6O2/c1-4-28-9-10-29(17(3)15-28)23(31)19-6-8-22(26-13-19)30-24(32)21(14-27-30)20-7-5-18(12-25)11-16(20)2/h5-8,11,13-14,17,21H,4,9-10,15H2,1-3H3/t17-,21?/m1/s1. The molecule has 2 aliphatic heterocycles. The molecule has 1 unspecified atom stereocenters. The number of hydrogen-bond donors (Lipinski definition) is 0. The van der Waals surface area contributed by atoms with Crippen LogP contribution in [0.2, 0.25) is 0 Å². The third-order valence-electron chi connectivity index (χ3n) is 6.17. The summed E-state index contributed by atoms with van der Waals surface area (Å²) in [5.41, 5.74) is 2.73. The van der Waals surface area contributed by atoms with Crippen molar-refractivity contribution in [1.29, 1.82) is 5.26 Å². The molecule has 2 aliphatic rings. The SMILES string of the molecule is CCN1CCN(C(=O)c2ccc(N3N=CC(c4ccc(C#N)cc4C)C3=O)nc2)[C@H](C)C1. The number of aryl methyl sites for hydroxylation is 1. The number of hydrazone groups is 1. The Morgan fingerprint density at radius 1 is 1.25 bits per heavy atom. The normalized spacial score (nSPS) is 21.1. The van der Waals surface area contributed by atoms with Gasteiger partial charge in [-0.1, -0.05) is 13.0 Å². The average Bonchev–Trinajstić information content (AvgIpc) is 3.19. The number of rotatable bonds is 4. The van der Waals surface area contributed by atoms with E-state index in [0.717, 1.165) is 30.8 Å². The van der Waals surface area contributed by atoms with Crippen LogP contribution in [-0.2, 0) is 4.79 Å². The van der Waals surface area contributed by atoms with Crippen LogP contribution in [-0.4, -0.2) is 65.0 Å². The second kappa shape index (κ2) is 8.89. The molecule has 0 bridgehead atoms. The number of benzene rings is 1. The molecule has 32 heavy (non-hydrogen) atoms. The maximum atomic E-state index is 13.0. The highest BCUT2D eigenvalue weighted by Gasteiger charge is 2.33. The zero-order valence-electron chi connectivity index (χ0n) is 18.5. The number of amides is 2. The molecule has 2 atom stereocenters. The number of anilines is 1. The highest BCUT2D eigenvalue weighted by Crippen LogP contribution is 2.28. The van der Waals surface area contributed by atoms with Gasteiger partial charge in [0.05, 0.1) is 17.2 Å². The topological polar surface area (TPSA) is 92.9 Å². The minimum atomic E-state index is -0.526. The molecule has 8 heteroatoms. The van der Waals surface area contributed by atoms with Gasteiger partial charge in [0.25, 0.3) is 11.8 Å². The van der Waals surface area contributed by atoms with E-state index in [0.29, 0.717) is 23.5 Å². The van der Waals surface area contributed by atoms with Gasteiger partial charge in [0, 0.05) is 38.1 Å². The first kappa shape index (κ1) is 21.7. The lowest BCUT2D eigenvalue weighted by molar-refractivity contribution is -0.118.